The molecule has 1 aliphatic heterocycles. The molecule has 7 heteroatoms. The van der Waals surface area contributed by atoms with E-state index in [1.807, 2.05) is 80.9 Å². The highest BCUT2D eigenvalue weighted by atomic mass is 16.5. The van der Waals surface area contributed by atoms with Crippen LogP contribution in [0.4, 0.5) is 0 Å². The van der Waals surface area contributed by atoms with Crippen molar-refractivity contribution >= 4 is 5.57 Å². The molecule has 3 aromatic heterocycles. The lowest BCUT2D eigenvalue weighted by Crippen LogP contribution is -2.30. The molecule has 0 radical (unpaired) electrons. The van der Waals surface area contributed by atoms with Crippen LogP contribution >= 0.6 is 0 Å². The van der Waals surface area contributed by atoms with E-state index in [0.29, 0.717) is 19.0 Å². The van der Waals surface area contributed by atoms with Gasteiger partial charge in [-0.1, -0.05) is 5.16 Å². The Labute approximate surface area is 169 Å². The maximum absolute atomic E-state index is 5.45. The maximum Gasteiger partial charge on any atom is 0.213 e. The fourth-order valence-electron chi connectivity index (χ4n) is 3.06. The summed E-state index contributed by atoms with van der Waals surface area (Å²) in [5, 5.41) is 6.22. The van der Waals surface area contributed by atoms with Crippen LogP contribution in [0.5, 0.6) is 5.88 Å². The highest BCUT2D eigenvalue weighted by molar-refractivity contribution is 5.74. The van der Waals surface area contributed by atoms with Crippen molar-refractivity contribution in [3.63, 3.8) is 0 Å². The Bertz CT molecular complexity index is 1040. The number of hydrogen-bond donors (Lipinski definition) is 1. The van der Waals surface area contributed by atoms with Crippen LogP contribution in [-0.4, -0.2) is 26.7 Å². The van der Waals surface area contributed by atoms with Crippen molar-refractivity contribution in [2.45, 2.75) is 27.3 Å². The molecule has 148 valence electrons. The number of pyridine rings is 2. The fraction of sp³-hybridized carbons (Fsp3) is 0.227. The summed E-state index contributed by atoms with van der Waals surface area (Å²) in [5.74, 6) is 1.42. The molecule has 29 heavy (non-hydrogen) atoms. The molecule has 0 aromatic carbocycles. The average molecular weight is 389 g/mol. The summed E-state index contributed by atoms with van der Waals surface area (Å²) in [5.41, 5.74) is 9.11. The number of aromatic nitrogens is 3. The summed E-state index contributed by atoms with van der Waals surface area (Å²) >= 11 is 0. The quantitative estimate of drug-likeness (QED) is 0.682. The zero-order valence-corrected chi connectivity index (χ0v) is 16.7. The summed E-state index contributed by atoms with van der Waals surface area (Å²) < 4.78 is 10.8. The second-order valence-corrected chi connectivity index (χ2v) is 6.74. The van der Waals surface area contributed by atoms with Crippen LogP contribution in [0.15, 0.2) is 59.7 Å². The van der Waals surface area contributed by atoms with Crippen LogP contribution in [0, 0.1) is 13.8 Å². The maximum atomic E-state index is 5.45. The number of nitrogens with zero attached hydrogens (tertiary/aromatic N) is 4. The molecule has 3 aromatic rings. The number of hydrazine groups is 1. The molecule has 0 fully saturated rings. The zero-order valence-electron chi connectivity index (χ0n) is 16.7. The van der Waals surface area contributed by atoms with Crippen molar-refractivity contribution in [2.24, 2.45) is 0 Å². The molecular weight excluding hydrogens is 366 g/mol. The first-order valence-electron chi connectivity index (χ1n) is 9.52. The topological polar surface area (TPSA) is 76.3 Å². The van der Waals surface area contributed by atoms with Gasteiger partial charge in [0, 0.05) is 58.8 Å². The highest BCUT2D eigenvalue weighted by Gasteiger charge is 2.18. The van der Waals surface area contributed by atoms with Gasteiger partial charge in [0.2, 0.25) is 5.88 Å². The molecule has 0 saturated carbocycles. The fourth-order valence-corrected chi connectivity index (χ4v) is 3.06. The van der Waals surface area contributed by atoms with Gasteiger partial charge in [-0.15, -0.1) is 0 Å². The molecule has 0 atom stereocenters. The van der Waals surface area contributed by atoms with Gasteiger partial charge < -0.3 is 14.7 Å². The molecule has 0 bridgehead atoms. The van der Waals surface area contributed by atoms with E-state index in [4.69, 9.17) is 9.26 Å². The minimum absolute atomic E-state index is 0.606. The molecule has 0 saturated heterocycles. The largest absolute Gasteiger partial charge is 0.478 e. The molecule has 0 unspecified atom stereocenters. The Morgan fingerprint density at radius 3 is 2.55 bits per heavy atom. The minimum Gasteiger partial charge on any atom is -0.478 e. The lowest BCUT2D eigenvalue weighted by molar-refractivity contribution is 0.302. The molecule has 4 rings (SSSR count). The van der Waals surface area contributed by atoms with Gasteiger partial charge >= 0.3 is 0 Å². The Balaban J connectivity index is 1.47. The van der Waals surface area contributed by atoms with E-state index in [0.717, 1.165) is 39.4 Å². The smallest absolute Gasteiger partial charge is 0.213 e. The summed E-state index contributed by atoms with van der Waals surface area (Å²) in [6.45, 7) is 7.05. The van der Waals surface area contributed by atoms with Crippen LogP contribution in [-0.2, 0) is 6.54 Å². The lowest BCUT2D eigenvalue weighted by atomic mass is 10.1. The summed E-state index contributed by atoms with van der Waals surface area (Å²) in [6, 6.07) is 7.86. The third kappa shape index (κ3) is 4.13. The van der Waals surface area contributed by atoms with Gasteiger partial charge in [-0.25, -0.2) is 4.98 Å². The van der Waals surface area contributed by atoms with E-state index in [-0.39, 0.29) is 0 Å². The van der Waals surface area contributed by atoms with Crippen LogP contribution in [0.3, 0.4) is 0 Å². The molecular formula is C22H23N5O2. The van der Waals surface area contributed by atoms with Gasteiger partial charge in [-0.05, 0) is 45.0 Å². The van der Waals surface area contributed by atoms with Gasteiger partial charge in [0.15, 0.2) is 0 Å². The summed E-state index contributed by atoms with van der Waals surface area (Å²) in [6.07, 6.45) is 9.63. The van der Waals surface area contributed by atoms with Crippen LogP contribution < -0.4 is 10.2 Å². The first-order chi connectivity index (χ1) is 14.1. The Morgan fingerprint density at radius 1 is 1.07 bits per heavy atom. The number of nitrogens with one attached hydrogen (secondary N) is 1. The Morgan fingerprint density at radius 2 is 1.90 bits per heavy atom. The molecule has 0 spiro atoms. The third-order valence-corrected chi connectivity index (χ3v) is 4.68. The predicted molar refractivity (Wildman–Crippen MR) is 110 cm³/mol. The second kappa shape index (κ2) is 8.18. The van der Waals surface area contributed by atoms with Gasteiger partial charge in [-0.3, -0.25) is 9.99 Å². The van der Waals surface area contributed by atoms with E-state index in [1.54, 1.807) is 0 Å². The number of aryl methyl sites for hydroxylation is 2. The highest BCUT2D eigenvalue weighted by Crippen LogP contribution is 2.27. The van der Waals surface area contributed by atoms with Crippen LogP contribution in [0.1, 0.15) is 29.5 Å². The summed E-state index contributed by atoms with van der Waals surface area (Å²) in [4.78, 5) is 8.69. The van der Waals surface area contributed by atoms with Crippen molar-refractivity contribution in [3.05, 3.63) is 77.7 Å². The molecule has 1 N–H and O–H groups in total. The average Bonchev–Trinajstić information content (AvgIpc) is 3.10. The predicted octanol–water partition coefficient (Wildman–Crippen LogP) is 4.02. The first-order valence-corrected chi connectivity index (χ1v) is 9.52. The molecule has 4 heterocycles. The Hall–Kier alpha value is -3.61. The zero-order chi connectivity index (χ0) is 20.2. The van der Waals surface area contributed by atoms with Crippen LogP contribution in [0.25, 0.3) is 16.8 Å². The van der Waals surface area contributed by atoms with Crippen LogP contribution in [0.2, 0.25) is 0 Å². The van der Waals surface area contributed by atoms with E-state index in [9.17, 15) is 0 Å². The SMILES string of the molecule is CCOc1ccc(C2=CNN(Cc3c(-c4ccc(C)nc4)noc3C)C=C2)cn1. The molecule has 0 aliphatic carbocycles. The van der Waals surface area contributed by atoms with Gasteiger partial charge in [0.05, 0.1) is 13.2 Å². The molecule has 7 nitrogen and oxygen atoms in total. The number of rotatable bonds is 6. The van der Waals surface area contributed by atoms with E-state index in [1.165, 1.54) is 0 Å². The number of allylic oxidation sites excluding steroid dienone is 2. The van der Waals surface area contributed by atoms with Crippen molar-refractivity contribution in [1.82, 2.24) is 25.6 Å². The normalized spacial score (nSPS) is 13.2. The first kappa shape index (κ1) is 18.7. The third-order valence-electron chi connectivity index (χ3n) is 4.68. The van der Waals surface area contributed by atoms with E-state index in [2.05, 4.69) is 20.6 Å². The summed E-state index contributed by atoms with van der Waals surface area (Å²) in [7, 11) is 0. The monoisotopic (exact) mass is 389 g/mol. The minimum atomic E-state index is 0.606. The van der Waals surface area contributed by atoms with Gasteiger partial charge in [-0.2, -0.15) is 0 Å². The lowest BCUT2D eigenvalue weighted by Gasteiger charge is -2.24. The van der Waals surface area contributed by atoms with Crippen molar-refractivity contribution in [1.29, 1.82) is 0 Å². The van der Waals surface area contributed by atoms with Crippen molar-refractivity contribution < 1.29 is 9.26 Å². The second-order valence-electron chi connectivity index (χ2n) is 6.74. The van der Waals surface area contributed by atoms with E-state index < -0.39 is 0 Å². The van der Waals surface area contributed by atoms with E-state index >= 15 is 0 Å². The Kier molecular flexibility index (Phi) is 5.29. The molecule has 0 amide bonds. The number of hydrogen-bond acceptors (Lipinski definition) is 7. The molecule has 1 aliphatic rings. The number of ether oxygens (including phenoxy) is 1. The van der Waals surface area contributed by atoms with Gasteiger partial charge in [0.1, 0.15) is 11.5 Å². The van der Waals surface area contributed by atoms with Crippen molar-refractivity contribution in [2.75, 3.05) is 6.61 Å². The van der Waals surface area contributed by atoms with Crippen molar-refractivity contribution in [3.8, 4) is 17.1 Å². The standard InChI is InChI=1S/C22H23N5O2/c1-4-28-21-8-7-17(11-24-21)18-9-10-27(25-13-18)14-20-16(3)29-26-22(20)19-6-5-15(2)23-12-19/h5-13,25H,4,14H2,1-3H3. The van der Waals surface area contributed by atoms with Gasteiger partial charge in [0.25, 0.3) is 0 Å².